The van der Waals surface area contributed by atoms with Crippen LogP contribution in [0.4, 0.5) is 4.79 Å². The first kappa shape index (κ1) is 18.2. The number of carbonyl (C=O) groups excluding carboxylic acids is 1. The van der Waals surface area contributed by atoms with Crippen molar-refractivity contribution in [2.45, 2.75) is 18.1 Å². The SMILES string of the molecule is O=C(NCC(O)C(O)c1cnoc1)OCC1c2ccccc2-c2ccccc21. The van der Waals surface area contributed by atoms with E-state index < -0.39 is 18.3 Å². The van der Waals surface area contributed by atoms with Crippen LogP contribution in [0, 0.1) is 0 Å². The molecule has 144 valence electrons. The maximum Gasteiger partial charge on any atom is 0.407 e. The van der Waals surface area contributed by atoms with E-state index in [1.165, 1.54) is 12.5 Å². The molecule has 28 heavy (non-hydrogen) atoms. The number of hydrogen-bond donors (Lipinski definition) is 3. The molecule has 2 unspecified atom stereocenters. The van der Waals surface area contributed by atoms with E-state index in [0.29, 0.717) is 5.56 Å². The third-order valence-corrected chi connectivity index (χ3v) is 4.96. The Hall–Kier alpha value is -3.16. The van der Waals surface area contributed by atoms with E-state index in [-0.39, 0.29) is 19.1 Å². The molecule has 3 N–H and O–H groups in total. The smallest absolute Gasteiger partial charge is 0.407 e. The molecule has 2 atom stereocenters. The summed E-state index contributed by atoms with van der Waals surface area (Å²) in [5, 5.41) is 25.9. The van der Waals surface area contributed by atoms with Gasteiger partial charge in [0, 0.05) is 18.0 Å². The maximum atomic E-state index is 12.1. The summed E-state index contributed by atoms with van der Waals surface area (Å²) in [5.74, 6) is -0.0364. The van der Waals surface area contributed by atoms with Crippen molar-refractivity contribution in [3.05, 3.63) is 77.7 Å². The Labute approximate surface area is 161 Å². The molecule has 0 fully saturated rings. The number of amides is 1. The highest BCUT2D eigenvalue weighted by Crippen LogP contribution is 2.44. The molecular formula is C21H20N2O5. The summed E-state index contributed by atoms with van der Waals surface area (Å²) in [5.41, 5.74) is 4.89. The van der Waals surface area contributed by atoms with Gasteiger partial charge in [-0.3, -0.25) is 0 Å². The van der Waals surface area contributed by atoms with Gasteiger partial charge in [-0.15, -0.1) is 0 Å². The summed E-state index contributed by atoms with van der Waals surface area (Å²) in [6, 6.07) is 16.1. The topological polar surface area (TPSA) is 105 Å². The van der Waals surface area contributed by atoms with Gasteiger partial charge in [0.25, 0.3) is 0 Å². The number of aliphatic hydroxyl groups excluding tert-OH is 2. The lowest BCUT2D eigenvalue weighted by molar-refractivity contribution is 0.0182. The van der Waals surface area contributed by atoms with Gasteiger partial charge in [-0.2, -0.15) is 0 Å². The highest BCUT2D eigenvalue weighted by molar-refractivity contribution is 5.79. The van der Waals surface area contributed by atoms with Crippen molar-refractivity contribution in [1.82, 2.24) is 10.5 Å². The zero-order valence-corrected chi connectivity index (χ0v) is 15.0. The van der Waals surface area contributed by atoms with Crippen LogP contribution in [0.25, 0.3) is 11.1 Å². The summed E-state index contributed by atoms with van der Waals surface area (Å²) in [7, 11) is 0. The Kier molecular flexibility index (Phi) is 5.10. The second-order valence-electron chi connectivity index (χ2n) is 6.68. The number of nitrogens with one attached hydrogen (secondary N) is 1. The number of alkyl carbamates (subject to hydrolysis) is 1. The third kappa shape index (κ3) is 3.49. The van der Waals surface area contributed by atoms with Crippen LogP contribution in [0.5, 0.6) is 0 Å². The van der Waals surface area contributed by atoms with Gasteiger partial charge < -0.3 is 24.8 Å². The van der Waals surface area contributed by atoms with Gasteiger partial charge in [0.2, 0.25) is 0 Å². The van der Waals surface area contributed by atoms with E-state index in [2.05, 4.69) is 27.1 Å². The third-order valence-electron chi connectivity index (χ3n) is 4.96. The molecule has 0 radical (unpaired) electrons. The highest BCUT2D eigenvalue weighted by Gasteiger charge is 2.29. The number of hydrogen-bond acceptors (Lipinski definition) is 6. The predicted octanol–water partition coefficient (Wildman–Crippen LogP) is 2.61. The van der Waals surface area contributed by atoms with Crippen molar-refractivity contribution >= 4 is 6.09 Å². The Morgan fingerprint density at radius 3 is 2.36 bits per heavy atom. The lowest BCUT2D eigenvalue weighted by Crippen LogP contribution is -2.36. The van der Waals surface area contributed by atoms with Gasteiger partial charge in [-0.1, -0.05) is 53.7 Å². The van der Waals surface area contributed by atoms with Crippen molar-refractivity contribution in [1.29, 1.82) is 0 Å². The fourth-order valence-electron chi connectivity index (χ4n) is 3.53. The van der Waals surface area contributed by atoms with Gasteiger partial charge in [0.05, 0.1) is 6.20 Å². The van der Waals surface area contributed by atoms with Crippen LogP contribution in [-0.2, 0) is 4.74 Å². The minimum absolute atomic E-state index is 0.0364. The number of ether oxygens (including phenoxy) is 1. The highest BCUT2D eigenvalue weighted by atomic mass is 16.5. The second-order valence-corrected chi connectivity index (χ2v) is 6.68. The number of aliphatic hydroxyl groups is 2. The molecule has 0 bridgehead atoms. The van der Waals surface area contributed by atoms with Crippen molar-refractivity contribution in [3.63, 3.8) is 0 Å². The molecule has 7 heteroatoms. The van der Waals surface area contributed by atoms with Crippen LogP contribution in [0.3, 0.4) is 0 Å². The second kappa shape index (κ2) is 7.84. The summed E-state index contributed by atoms with van der Waals surface area (Å²) in [6.07, 6.45) is -0.527. The fraction of sp³-hybridized carbons (Fsp3) is 0.238. The van der Waals surface area contributed by atoms with Gasteiger partial charge in [-0.25, -0.2) is 4.79 Å². The molecule has 0 aliphatic heterocycles. The Balaban J connectivity index is 1.35. The first-order valence-corrected chi connectivity index (χ1v) is 8.99. The molecule has 0 saturated heterocycles. The zero-order chi connectivity index (χ0) is 19.5. The van der Waals surface area contributed by atoms with Gasteiger partial charge in [0.15, 0.2) is 0 Å². The number of carbonyl (C=O) groups is 1. The van der Waals surface area contributed by atoms with Crippen molar-refractivity contribution in [2.75, 3.05) is 13.2 Å². The van der Waals surface area contributed by atoms with E-state index in [9.17, 15) is 15.0 Å². The van der Waals surface area contributed by atoms with Crippen LogP contribution in [0.1, 0.15) is 28.7 Å². The quantitative estimate of drug-likeness (QED) is 0.607. The fourth-order valence-corrected chi connectivity index (χ4v) is 3.53. The molecular weight excluding hydrogens is 360 g/mol. The van der Waals surface area contributed by atoms with Crippen LogP contribution < -0.4 is 5.32 Å². The van der Waals surface area contributed by atoms with E-state index in [1.54, 1.807) is 0 Å². The number of aromatic nitrogens is 1. The van der Waals surface area contributed by atoms with Crippen LogP contribution in [0.2, 0.25) is 0 Å². The Bertz CT molecular complexity index is 911. The summed E-state index contributed by atoms with van der Waals surface area (Å²) in [6.45, 7) is 0.0210. The number of rotatable bonds is 6. The normalized spacial score (nSPS) is 14.8. The maximum absolute atomic E-state index is 12.1. The summed E-state index contributed by atoms with van der Waals surface area (Å²) < 4.78 is 10.0. The average molecular weight is 380 g/mol. The lowest BCUT2D eigenvalue weighted by atomic mass is 9.98. The van der Waals surface area contributed by atoms with E-state index in [4.69, 9.17) is 4.74 Å². The monoisotopic (exact) mass is 380 g/mol. The van der Waals surface area contributed by atoms with Gasteiger partial charge in [0.1, 0.15) is 25.1 Å². The van der Waals surface area contributed by atoms with Crippen LogP contribution >= 0.6 is 0 Å². The number of benzene rings is 2. The molecule has 1 heterocycles. The van der Waals surface area contributed by atoms with E-state index in [1.807, 2.05) is 36.4 Å². The number of fused-ring (bicyclic) bond motifs is 3. The standard InChI is InChI=1S/C21H20N2O5/c24-19(20(25)13-9-23-28-11-13)10-22-21(26)27-12-18-16-7-3-1-5-14(16)15-6-2-4-8-17(15)18/h1-9,11,18-20,24-25H,10,12H2,(H,22,26). The van der Waals surface area contributed by atoms with E-state index >= 15 is 0 Å². The minimum Gasteiger partial charge on any atom is -0.449 e. The van der Waals surface area contributed by atoms with Crippen LogP contribution in [-0.4, -0.2) is 40.7 Å². The average Bonchev–Trinajstić information content (AvgIpc) is 3.37. The van der Waals surface area contributed by atoms with Crippen molar-refractivity contribution in [3.8, 4) is 11.1 Å². The predicted molar refractivity (Wildman–Crippen MR) is 101 cm³/mol. The molecule has 3 aromatic rings. The molecule has 1 aliphatic carbocycles. The molecule has 7 nitrogen and oxygen atoms in total. The van der Waals surface area contributed by atoms with Crippen molar-refractivity contribution in [2.24, 2.45) is 0 Å². The van der Waals surface area contributed by atoms with Crippen molar-refractivity contribution < 1.29 is 24.3 Å². The molecule has 1 aromatic heterocycles. The first-order chi connectivity index (χ1) is 13.6. The molecule has 0 saturated carbocycles. The Morgan fingerprint density at radius 1 is 1.11 bits per heavy atom. The molecule has 0 spiro atoms. The first-order valence-electron chi connectivity index (χ1n) is 8.99. The van der Waals surface area contributed by atoms with Gasteiger partial charge in [-0.05, 0) is 22.3 Å². The molecule has 1 aliphatic rings. The molecule has 4 rings (SSSR count). The van der Waals surface area contributed by atoms with Crippen LogP contribution in [0.15, 0.2) is 65.5 Å². The number of nitrogens with zero attached hydrogens (tertiary/aromatic N) is 1. The lowest BCUT2D eigenvalue weighted by Gasteiger charge is -2.18. The van der Waals surface area contributed by atoms with Gasteiger partial charge >= 0.3 is 6.09 Å². The van der Waals surface area contributed by atoms with E-state index in [0.717, 1.165) is 22.3 Å². The largest absolute Gasteiger partial charge is 0.449 e. The summed E-state index contributed by atoms with van der Waals surface area (Å²) >= 11 is 0. The zero-order valence-electron chi connectivity index (χ0n) is 15.0. The Morgan fingerprint density at radius 2 is 1.75 bits per heavy atom. The summed E-state index contributed by atoms with van der Waals surface area (Å²) in [4.78, 5) is 12.1. The molecule has 1 amide bonds. The minimum atomic E-state index is -1.21. The molecule has 2 aromatic carbocycles.